The van der Waals surface area contributed by atoms with E-state index in [4.69, 9.17) is 28.6 Å². The molecule has 0 spiro atoms. The largest absolute Gasteiger partial charge is 0.484 e. The van der Waals surface area contributed by atoms with Crippen LogP contribution in [-0.4, -0.2) is 35.6 Å². The molecule has 2 aromatic rings. The topological polar surface area (TPSA) is 106 Å². The Morgan fingerprint density at radius 3 is 2.57 bits per heavy atom. The Hall–Kier alpha value is -2.43. The highest BCUT2D eigenvalue weighted by atomic mass is 79.9. The number of hydrogen-bond acceptors (Lipinski definition) is 6. The Morgan fingerprint density at radius 2 is 1.93 bits per heavy atom. The number of amides is 1. The van der Waals surface area contributed by atoms with E-state index in [0.717, 1.165) is 4.47 Å². The van der Waals surface area contributed by atoms with Gasteiger partial charge in [0.1, 0.15) is 5.75 Å². The molecule has 8 nitrogen and oxygen atoms in total. The highest BCUT2D eigenvalue weighted by Crippen LogP contribution is 2.26. The Kier molecular flexibility index (Phi) is 8.42. The number of non-ortho nitro benzene ring substituents is 1. The summed E-state index contributed by atoms with van der Waals surface area (Å²) in [6.45, 7) is 0.670. The lowest BCUT2D eigenvalue weighted by Crippen LogP contribution is -2.42. The lowest BCUT2D eigenvalue weighted by atomic mass is 10.3. The SMILES string of the molecule is O=C(COc1ccc(Br)cc1)NC(=S)NCCNc1ccc([N+](=O)[O-])cc1Cl. The molecule has 11 heteroatoms. The third kappa shape index (κ3) is 7.29. The molecule has 3 N–H and O–H groups in total. The van der Waals surface area contributed by atoms with Crippen LogP contribution in [0.3, 0.4) is 0 Å². The number of benzene rings is 2. The van der Waals surface area contributed by atoms with E-state index in [0.29, 0.717) is 24.5 Å². The molecule has 1 amide bonds. The number of hydrogen-bond donors (Lipinski definition) is 3. The molecule has 0 aliphatic carbocycles. The molecule has 0 radical (unpaired) electrons. The van der Waals surface area contributed by atoms with Gasteiger partial charge >= 0.3 is 0 Å². The van der Waals surface area contributed by atoms with Crippen LogP contribution in [0.5, 0.6) is 5.75 Å². The lowest BCUT2D eigenvalue weighted by molar-refractivity contribution is -0.384. The van der Waals surface area contributed by atoms with Gasteiger partial charge in [0.2, 0.25) is 0 Å². The molecular weight excluding hydrogens is 472 g/mol. The molecule has 28 heavy (non-hydrogen) atoms. The second kappa shape index (κ2) is 10.8. The maximum absolute atomic E-state index is 11.8. The molecule has 0 heterocycles. The van der Waals surface area contributed by atoms with Gasteiger partial charge in [-0.25, -0.2) is 0 Å². The van der Waals surface area contributed by atoms with E-state index in [2.05, 4.69) is 31.9 Å². The number of anilines is 1. The first-order chi connectivity index (χ1) is 13.3. The summed E-state index contributed by atoms with van der Waals surface area (Å²) in [7, 11) is 0. The van der Waals surface area contributed by atoms with Gasteiger partial charge in [0.15, 0.2) is 11.7 Å². The third-order valence-corrected chi connectivity index (χ3v) is 4.41. The summed E-state index contributed by atoms with van der Waals surface area (Å²) in [6, 6.07) is 11.3. The Labute approximate surface area is 179 Å². The van der Waals surface area contributed by atoms with E-state index in [-0.39, 0.29) is 28.3 Å². The minimum Gasteiger partial charge on any atom is -0.484 e. The van der Waals surface area contributed by atoms with E-state index in [9.17, 15) is 14.9 Å². The van der Waals surface area contributed by atoms with E-state index < -0.39 is 4.92 Å². The number of rotatable bonds is 8. The van der Waals surface area contributed by atoms with Crippen LogP contribution in [0, 0.1) is 10.1 Å². The van der Waals surface area contributed by atoms with Crippen molar-refractivity contribution in [2.45, 2.75) is 0 Å². The Bertz CT molecular complexity index is 867. The first kappa shape index (κ1) is 21.9. The maximum atomic E-state index is 11.8. The van der Waals surface area contributed by atoms with E-state index >= 15 is 0 Å². The van der Waals surface area contributed by atoms with Gasteiger partial charge in [-0.15, -0.1) is 0 Å². The molecule has 0 saturated heterocycles. The molecule has 0 aromatic heterocycles. The molecule has 2 aromatic carbocycles. The zero-order valence-electron chi connectivity index (χ0n) is 14.4. The van der Waals surface area contributed by atoms with Crippen LogP contribution in [0.2, 0.25) is 5.02 Å². The molecule has 0 bridgehead atoms. The van der Waals surface area contributed by atoms with Gasteiger partial charge in [0, 0.05) is 29.7 Å². The minimum atomic E-state index is -0.515. The summed E-state index contributed by atoms with van der Waals surface area (Å²) in [5.41, 5.74) is 0.481. The first-order valence-electron chi connectivity index (χ1n) is 7.99. The van der Waals surface area contributed by atoms with Crippen molar-refractivity contribution >= 4 is 62.1 Å². The summed E-state index contributed by atoms with van der Waals surface area (Å²) >= 11 is 14.4. The van der Waals surface area contributed by atoms with Crippen LogP contribution in [0.4, 0.5) is 11.4 Å². The quantitative estimate of drug-likeness (QED) is 0.226. The predicted molar refractivity (Wildman–Crippen MR) is 115 cm³/mol. The van der Waals surface area contributed by atoms with Gasteiger partial charge in [-0.1, -0.05) is 27.5 Å². The number of thiocarbonyl (C=S) groups is 1. The van der Waals surface area contributed by atoms with Gasteiger partial charge in [0.25, 0.3) is 11.6 Å². The molecule has 0 saturated carbocycles. The maximum Gasteiger partial charge on any atom is 0.271 e. The molecule has 0 aliphatic heterocycles. The number of carbonyl (C=O) groups is 1. The van der Waals surface area contributed by atoms with Crippen LogP contribution in [0.15, 0.2) is 46.9 Å². The van der Waals surface area contributed by atoms with E-state index in [1.165, 1.54) is 18.2 Å². The minimum absolute atomic E-state index is 0.0806. The Morgan fingerprint density at radius 1 is 1.21 bits per heavy atom. The molecule has 0 unspecified atom stereocenters. The monoisotopic (exact) mass is 486 g/mol. The molecular formula is C17H16BrClN4O4S. The van der Waals surface area contributed by atoms with Crippen molar-refractivity contribution < 1.29 is 14.5 Å². The molecule has 0 atom stereocenters. The number of halogens is 2. The second-order valence-electron chi connectivity index (χ2n) is 5.39. The second-order valence-corrected chi connectivity index (χ2v) is 7.13. The molecule has 0 aliphatic rings. The van der Waals surface area contributed by atoms with Crippen molar-refractivity contribution in [1.82, 2.24) is 10.6 Å². The number of nitrogens with one attached hydrogen (secondary N) is 3. The summed E-state index contributed by atoms with van der Waals surface area (Å²) in [4.78, 5) is 22.0. The van der Waals surface area contributed by atoms with Gasteiger partial charge in [-0.3, -0.25) is 14.9 Å². The van der Waals surface area contributed by atoms with Crippen molar-refractivity contribution in [3.63, 3.8) is 0 Å². The zero-order chi connectivity index (χ0) is 20.5. The zero-order valence-corrected chi connectivity index (χ0v) is 17.6. The van der Waals surface area contributed by atoms with Gasteiger partial charge in [-0.2, -0.15) is 0 Å². The number of ether oxygens (including phenoxy) is 1. The first-order valence-corrected chi connectivity index (χ1v) is 9.57. The smallest absolute Gasteiger partial charge is 0.271 e. The predicted octanol–water partition coefficient (Wildman–Crippen LogP) is 3.49. The molecule has 2 rings (SSSR count). The van der Waals surface area contributed by atoms with Crippen LogP contribution in [0.1, 0.15) is 0 Å². The van der Waals surface area contributed by atoms with E-state index in [1.54, 1.807) is 12.1 Å². The number of carbonyl (C=O) groups excluding carboxylic acids is 1. The highest BCUT2D eigenvalue weighted by Gasteiger charge is 2.09. The van der Waals surface area contributed by atoms with Crippen molar-refractivity contribution in [2.75, 3.05) is 25.0 Å². The standard InChI is InChI=1S/C17H16BrClN4O4S/c18-11-1-4-13(5-2-11)27-10-16(24)22-17(28)21-8-7-20-15-6-3-12(23(25)26)9-14(15)19/h1-6,9,20H,7-8,10H2,(H2,21,22,24,28). The van der Waals surface area contributed by atoms with Gasteiger partial charge in [-0.05, 0) is 42.5 Å². The summed E-state index contributed by atoms with van der Waals surface area (Å²) in [5, 5.41) is 19.5. The summed E-state index contributed by atoms with van der Waals surface area (Å²) in [5.74, 6) is 0.188. The summed E-state index contributed by atoms with van der Waals surface area (Å²) in [6.07, 6.45) is 0. The highest BCUT2D eigenvalue weighted by molar-refractivity contribution is 9.10. The average Bonchev–Trinajstić information content (AvgIpc) is 2.65. The number of nitro groups is 1. The number of nitro benzene ring substituents is 1. The van der Waals surface area contributed by atoms with Gasteiger partial charge in [0.05, 0.1) is 15.6 Å². The van der Waals surface area contributed by atoms with Crippen LogP contribution in [0.25, 0.3) is 0 Å². The molecule has 148 valence electrons. The van der Waals surface area contributed by atoms with Gasteiger partial charge < -0.3 is 20.7 Å². The van der Waals surface area contributed by atoms with Crippen LogP contribution in [-0.2, 0) is 4.79 Å². The Balaban J connectivity index is 1.66. The lowest BCUT2D eigenvalue weighted by Gasteiger charge is -2.12. The van der Waals surface area contributed by atoms with Crippen molar-refractivity contribution in [3.8, 4) is 5.75 Å². The van der Waals surface area contributed by atoms with Crippen molar-refractivity contribution in [1.29, 1.82) is 0 Å². The fourth-order valence-electron chi connectivity index (χ4n) is 2.02. The van der Waals surface area contributed by atoms with Crippen molar-refractivity contribution in [3.05, 3.63) is 62.1 Å². The number of nitrogens with zero attached hydrogens (tertiary/aromatic N) is 1. The van der Waals surface area contributed by atoms with Crippen molar-refractivity contribution in [2.24, 2.45) is 0 Å². The third-order valence-electron chi connectivity index (χ3n) is 3.33. The molecule has 0 fully saturated rings. The normalized spacial score (nSPS) is 10.1. The average molecular weight is 488 g/mol. The van der Waals surface area contributed by atoms with Crippen LogP contribution < -0.4 is 20.7 Å². The fraction of sp³-hybridized carbons (Fsp3) is 0.176. The fourth-order valence-corrected chi connectivity index (χ4v) is 2.74. The van der Waals surface area contributed by atoms with E-state index in [1.807, 2.05) is 12.1 Å². The van der Waals surface area contributed by atoms with Crippen LogP contribution >= 0.6 is 39.7 Å². The summed E-state index contributed by atoms with van der Waals surface area (Å²) < 4.78 is 6.27.